The summed E-state index contributed by atoms with van der Waals surface area (Å²) in [7, 11) is -3.58. The maximum absolute atomic E-state index is 12.1. The number of aromatic nitrogens is 2. The van der Waals surface area contributed by atoms with Crippen LogP contribution in [-0.4, -0.2) is 37.6 Å². The molecule has 0 fully saturated rings. The monoisotopic (exact) mass is 420 g/mol. The Labute approximate surface area is 167 Å². The molecule has 0 radical (unpaired) electrons. The molecule has 8 nitrogen and oxygen atoms in total. The molecular formula is C18H20N4O4S2. The van der Waals surface area contributed by atoms with Gasteiger partial charge in [0.1, 0.15) is 0 Å². The quantitative estimate of drug-likeness (QED) is 0.513. The van der Waals surface area contributed by atoms with Gasteiger partial charge in [0, 0.05) is 25.9 Å². The first-order chi connectivity index (χ1) is 13.4. The van der Waals surface area contributed by atoms with Crippen LogP contribution in [0.15, 0.2) is 51.2 Å². The predicted octanol–water partition coefficient (Wildman–Crippen LogP) is 2.13. The molecule has 1 amide bonds. The van der Waals surface area contributed by atoms with Gasteiger partial charge < -0.3 is 9.84 Å². The first-order valence-electron chi connectivity index (χ1n) is 8.63. The van der Waals surface area contributed by atoms with Crippen LogP contribution >= 0.6 is 11.3 Å². The number of carbonyl (C=O) groups excluding carboxylic acids is 1. The van der Waals surface area contributed by atoms with E-state index < -0.39 is 10.0 Å². The van der Waals surface area contributed by atoms with Gasteiger partial charge >= 0.3 is 0 Å². The summed E-state index contributed by atoms with van der Waals surface area (Å²) in [6, 6.07) is 10.4. The summed E-state index contributed by atoms with van der Waals surface area (Å²) >= 11 is 1.51. The molecule has 0 saturated carbocycles. The molecule has 0 aliphatic heterocycles. The molecule has 0 aliphatic rings. The van der Waals surface area contributed by atoms with Gasteiger partial charge in [-0.05, 0) is 30.5 Å². The molecule has 2 N–H and O–H groups in total. The van der Waals surface area contributed by atoms with Crippen LogP contribution in [0.4, 0.5) is 0 Å². The van der Waals surface area contributed by atoms with Crippen LogP contribution in [-0.2, 0) is 21.2 Å². The summed E-state index contributed by atoms with van der Waals surface area (Å²) in [4.78, 5) is 17.3. The maximum atomic E-state index is 12.1. The number of rotatable bonds is 9. The summed E-state index contributed by atoms with van der Waals surface area (Å²) in [5.41, 5.74) is 0.981. The highest BCUT2D eigenvalue weighted by atomic mass is 32.2. The van der Waals surface area contributed by atoms with Crippen LogP contribution in [0.25, 0.3) is 10.7 Å². The Morgan fingerprint density at radius 2 is 1.96 bits per heavy atom. The normalized spacial score (nSPS) is 11.5. The number of benzene rings is 1. The van der Waals surface area contributed by atoms with E-state index in [2.05, 4.69) is 20.2 Å². The second-order valence-corrected chi connectivity index (χ2v) is 8.76. The fourth-order valence-electron chi connectivity index (χ4n) is 2.36. The third-order valence-electron chi connectivity index (χ3n) is 3.85. The molecule has 0 spiro atoms. The fourth-order valence-corrected chi connectivity index (χ4v) is 4.04. The van der Waals surface area contributed by atoms with Crippen LogP contribution in [0.1, 0.15) is 17.9 Å². The van der Waals surface area contributed by atoms with Gasteiger partial charge in [-0.3, -0.25) is 4.79 Å². The van der Waals surface area contributed by atoms with Crippen molar-refractivity contribution in [2.24, 2.45) is 0 Å². The third kappa shape index (κ3) is 5.47. The number of hydrogen-bond acceptors (Lipinski definition) is 7. The van der Waals surface area contributed by atoms with E-state index >= 15 is 0 Å². The molecule has 0 saturated heterocycles. The molecule has 0 unspecified atom stereocenters. The van der Waals surface area contributed by atoms with Crippen LogP contribution in [0.3, 0.4) is 0 Å². The lowest BCUT2D eigenvalue weighted by molar-refractivity contribution is -0.121. The summed E-state index contributed by atoms with van der Waals surface area (Å²) in [5.74, 6) is 0.681. The molecule has 2 heterocycles. The Kier molecular flexibility index (Phi) is 6.55. The average molecular weight is 421 g/mol. The largest absolute Gasteiger partial charge is 0.355 e. The maximum Gasteiger partial charge on any atom is 0.240 e. The lowest BCUT2D eigenvalue weighted by Crippen LogP contribution is -2.34. The Bertz CT molecular complexity index is 1010. The van der Waals surface area contributed by atoms with E-state index in [1.54, 1.807) is 24.3 Å². The zero-order valence-electron chi connectivity index (χ0n) is 15.2. The van der Waals surface area contributed by atoms with Crippen molar-refractivity contribution in [1.29, 1.82) is 0 Å². The summed E-state index contributed by atoms with van der Waals surface area (Å²) in [5, 5.41) is 8.48. The Morgan fingerprint density at radius 3 is 2.68 bits per heavy atom. The van der Waals surface area contributed by atoms with Crippen LogP contribution in [0.5, 0.6) is 0 Å². The second kappa shape index (κ2) is 9.09. The van der Waals surface area contributed by atoms with Gasteiger partial charge in [-0.25, -0.2) is 13.1 Å². The topological polar surface area (TPSA) is 114 Å². The highest BCUT2D eigenvalue weighted by molar-refractivity contribution is 7.89. The van der Waals surface area contributed by atoms with E-state index in [4.69, 9.17) is 4.52 Å². The van der Waals surface area contributed by atoms with E-state index in [1.165, 1.54) is 11.3 Å². The molecule has 3 aromatic rings. The lowest BCUT2D eigenvalue weighted by Gasteiger charge is -2.08. The van der Waals surface area contributed by atoms with Gasteiger partial charge in [-0.1, -0.05) is 28.9 Å². The van der Waals surface area contributed by atoms with Gasteiger partial charge in [0.05, 0.1) is 9.77 Å². The molecule has 0 bridgehead atoms. The number of amides is 1. The molecule has 28 heavy (non-hydrogen) atoms. The Hall–Kier alpha value is -2.56. The third-order valence-corrected chi connectivity index (χ3v) is 6.19. The number of aryl methyl sites for hydroxylation is 2. The molecule has 0 aliphatic carbocycles. The van der Waals surface area contributed by atoms with Gasteiger partial charge in [0.15, 0.2) is 0 Å². The minimum Gasteiger partial charge on any atom is -0.355 e. The van der Waals surface area contributed by atoms with E-state index in [-0.39, 0.29) is 30.3 Å². The summed E-state index contributed by atoms with van der Waals surface area (Å²) in [6.45, 7) is 2.18. The molecule has 148 valence electrons. The van der Waals surface area contributed by atoms with E-state index in [0.29, 0.717) is 18.1 Å². The van der Waals surface area contributed by atoms with Crippen molar-refractivity contribution in [3.05, 3.63) is 53.2 Å². The zero-order valence-corrected chi connectivity index (χ0v) is 16.8. The van der Waals surface area contributed by atoms with Crippen molar-refractivity contribution in [2.75, 3.05) is 13.1 Å². The average Bonchev–Trinajstić information content (AvgIpc) is 3.35. The van der Waals surface area contributed by atoms with Crippen molar-refractivity contribution in [3.63, 3.8) is 0 Å². The van der Waals surface area contributed by atoms with E-state index in [0.717, 1.165) is 10.4 Å². The highest BCUT2D eigenvalue weighted by Crippen LogP contribution is 2.21. The van der Waals surface area contributed by atoms with Crippen LogP contribution in [0, 0.1) is 6.92 Å². The van der Waals surface area contributed by atoms with Gasteiger partial charge in [0.25, 0.3) is 0 Å². The molecule has 10 heteroatoms. The lowest BCUT2D eigenvalue weighted by atomic mass is 10.2. The van der Waals surface area contributed by atoms with E-state index in [9.17, 15) is 13.2 Å². The number of sulfonamides is 1. The minimum absolute atomic E-state index is 0.102. The Morgan fingerprint density at radius 1 is 1.18 bits per heavy atom. The van der Waals surface area contributed by atoms with Crippen molar-refractivity contribution in [1.82, 2.24) is 20.2 Å². The summed E-state index contributed by atoms with van der Waals surface area (Å²) in [6.07, 6.45) is 0.496. The standard InChI is InChI=1S/C18H20N4O4S2/c1-13-4-6-14(7-5-13)28(24,25)20-11-10-19-16(23)8-9-17-21-18(22-26-17)15-3-2-12-27-15/h2-7,12,20H,8-11H2,1H3,(H,19,23). The van der Waals surface area contributed by atoms with Crippen LogP contribution < -0.4 is 10.0 Å². The summed E-state index contributed by atoms with van der Waals surface area (Å²) < 4.78 is 31.9. The molecule has 1 aromatic carbocycles. The minimum atomic E-state index is -3.58. The highest BCUT2D eigenvalue weighted by Gasteiger charge is 2.14. The van der Waals surface area contributed by atoms with E-state index in [1.807, 2.05) is 24.4 Å². The number of carbonyl (C=O) groups is 1. The van der Waals surface area contributed by atoms with Gasteiger partial charge in [-0.15, -0.1) is 11.3 Å². The first kappa shape index (κ1) is 20.2. The number of hydrogen-bond donors (Lipinski definition) is 2. The van der Waals surface area contributed by atoms with Crippen molar-refractivity contribution >= 4 is 27.3 Å². The second-order valence-electron chi connectivity index (χ2n) is 6.05. The Balaban J connectivity index is 1.38. The smallest absolute Gasteiger partial charge is 0.240 e. The molecule has 2 aromatic heterocycles. The van der Waals surface area contributed by atoms with Gasteiger partial charge in [-0.2, -0.15) is 4.98 Å². The van der Waals surface area contributed by atoms with Crippen LogP contribution in [0.2, 0.25) is 0 Å². The number of thiophene rings is 1. The van der Waals surface area contributed by atoms with Crippen molar-refractivity contribution in [3.8, 4) is 10.7 Å². The first-order valence-corrected chi connectivity index (χ1v) is 11.0. The number of nitrogens with one attached hydrogen (secondary N) is 2. The molecule has 0 atom stereocenters. The zero-order chi connectivity index (χ0) is 20.0. The fraction of sp³-hybridized carbons (Fsp3) is 0.278. The number of nitrogens with zero attached hydrogens (tertiary/aromatic N) is 2. The molecule has 3 rings (SSSR count). The van der Waals surface area contributed by atoms with Crippen molar-refractivity contribution < 1.29 is 17.7 Å². The molecular weight excluding hydrogens is 400 g/mol. The van der Waals surface area contributed by atoms with Gasteiger partial charge in [0.2, 0.25) is 27.6 Å². The SMILES string of the molecule is Cc1ccc(S(=O)(=O)NCCNC(=O)CCc2nc(-c3cccs3)no2)cc1. The predicted molar refractivity (Wildman–Crippen MR) is 105 cm³/mol. The van der Waals surface area contributed by atoms with Crippen molar-refractivity contribution in [2.45, 2.75) is 24.7 Å².